The van der Waals surface area contributed by atoms with Gasteiger partial charge in [-0.2, -0.15) is 5.10 Å². The highest BCUT2D eigenvalue weighted by molar-refractivity contribution is 5.91. The molecule has 5 nitrogen and oxygen atoms in total. The van der Waals surface area contributed by atoms with Gasteiger partial charge in [0.2, 0.25) is 0 Å². The molecule has 0 bridgehead atoms. The van der Waals surface area contributed by atoms with Crippen molar-refractivity contribution in [3.8, 4) is 11.4 Å². The van der Waals surface area contributed by atoms with Crippen molar-refractivity contribution in [3.05, 3.63) is 53.9 Å². The largest absolute Gasteiger partial charge is 0.353 e. The molecule has 2 N–H and O–H groups in total. The molecule has 1 saturated heterocycles. The average molecular weight is 359 g/mol. The molecule has 5 heteroatoms. The number of piperidine rings is 1. The first kappa shape index (κ1) is 16.5. The molecule has 0 unspecified atom stereocenters. The van der Waals surface area contributed by atoms with Gasteiger partial charge in [-0.15, -0.1) is 0 Å². The van der Waals surface area contributed by atoms with Crippen LogP contribution < -0.4 is 5.32 Å². The van der Waals surface area contributed by atoms with Crippen LogP contribution >= 0.6 is 0 Å². The summed E-state index contributed by atoms with van der Waals surface area (Å²) in [6, 6.07) is 11.0. The predicted molar refractivity (Wildman–Crippen MR) is 109 cm³/mol. The first-order chi connectivity index (χ1) is 13.2. The number of nitrogens with zero attached hydrogens (tertiary/aromatic N) is 3. The van der Waals surface area contributed by atoms with Crippen LogP contribution in [-0.2, 0) is 0 Å². The molecule has 0 saturated carbocycles. The number of rotatable bonds is 3. The van der Waals surface area contributed by atoms with Crippen molar-refractivity contribution in [3.63, 3.8) is 0 Å². The minimum atomic E-state index is 0.417. The first-order valence-corrected chi connectivity index (χ1v) is 9.87. The zero-order valence-corrected chi connectivity index (χ0v) is 15.9. The topological polar surface area (TPSA) is 58.0 Å². The highest BCUT2D eigenvalue weighted by Crippen LogP contribution is 2.37. The van der Waals surface area contributed by atoms with E-state index < -0.39 is 0 Å². The molecule has 27 heavy (non-hydrogen) atoms. The SMILES string of the molecule is CC(C)c1c(-c2ccn3nccc3n2)[nH]c2ccc(C3CCNCC3)cc12. The Balaban J connectivity index is 1.66. The Kier molecular flexibility index (Phi) is 3.97. The van der Waals surface area contributed by atoms with Gasteiger partial charge in [-0.25, -0.2) is 9.50 Å². The summed E-state index contributed by atoms with van der Waals surface area (Å²) >= 11 is 0. The Morgan fingerprint density at radius 3 is 2.78 bits per heavy atom. The molecule has 1 fully saturated rings. The van der Waals surface area contributed by atoms with Crippen LogP contribution in [0.4, 0.5) is 0 Å². The Labute approximate surface area is 158 Å². The van der Waals surface area contributed by atoms with E-state index >= 15 is 0 Å². The van der Waals surface area contributed by atoms with E-state index in [1.54, 1.807) is 10.7 Å². The van der Waals surface area contributed by atoms with Crippen LogP contribution in [0.3, 0.4) is 0 Å². The van der Waals surface area contributed by atoms with Gasteiger partial charge in [0.05, 0.1) is 17.6 Å². The number of H-pyrrole nitrogens is 1. The van der Waals surface area contributed by atoms with E-state index in [2.05, 4.69) is 47.4 Å². The Bertz CT molecular complexity index is 1100. The molecule has 4 aromatic rings. The lowest BCUT2D eigenvalue weighted by atomic mass is 9.88. The van der Waals surface area contributed by atoms with Crippen LogP contribution in [0.25, 0.3) is 27.9 Å². The molecule has 0 amide bonds. The van der Waals surface area contributed by atoms with E-state index in [1.165, 1.54) is 34.9 Å². The molecule has 0 spiro atoms. The molecule has 0 radical (unpaired) electrons. The van der Waals surface area contributed by atoms with Crippen molar-refractivity contribution in [2.24, 2.45) is 0 Å². The fourth-order valence-corrected chi connectivity index (χ4v) is 4.39. The standard InChI is InChI=1S/C22H25N5/c1-14(2)21-17-13-16(15-5-9-23-10-6-15)3-4-18(17)26-22(21)19-8-12-27-20(25-19)7-11-24-27/h3-4,7-8,11-15,23,26H,5-6,9-10H2,1-2H3. The highest BCUT2D eigenvalue weighted by atomic mass is 15.2. The van der Waals surface area contributed by atoms with Gasteiger partial charge in [-0.05, 0) is 67.1 Å². The van der Waals surface area contributed by atoms with Gasteiger partial charge in [-0.3, -0.25) is 0 Å². The van der Waals surface area contributed by atoms with Crippen molar-refractivity contribution in [1.82, 2.24) is 24.9 Å². The molecule has 138 valence electrons. The Morgan fingerprint density at radius 2 is 1.96 bits per heavy atom. The summed E-state index contributed by atoms with van der Waals surface area (Å²) in [6.07, 6.45) is 6.21. The molecule has 0 atom stereocenters. The van der Waals surface area contributed by atoms with Crippen molar-refractivity contribution in [1.29, 1.82) is 0 Å². The monoisotopic (exact) mass is 359 g/mol. The van der Waals surface area contributed by atoms with Gasteiger partial charge < -0.3 is 10.3 Å². The molecule has 1 aliphatic heterocycles. The van der Waals surface area contributed by atoms with Gasteiger partial charge in [0.15, 0.2) is 5.65 Å². The second-order valence-electron chi connectivity index (χ2n) is 7.84. The molecular weight excluding hydrogens is 334 g/mol. The fourth-order valence-electron chi connectivity index (χ4n) is 4.39. The summed E-state index contributed by atoms with van der Waals surface area (Å²) < 4.78 is 1.80. The summed E-state index contributed by atoms with van der Waals surface area (Å²) in [7, 11) is 0. The van der Waals surface area contributed by atoms with E-state index in [4.69, 9.17) is 4.98 Å². The maximum atomic E-state index is 4.82. The van der Waals surface area contributed by atoms with Crippen LogP contribution in [0.5, 0.6) is 0 Å². The van der Waals surface area contributed by atoms with Gasteiger partial charge in [0.1, 0.15) is 0 Å². The minimum Gasteiger partial charge on any atom is -0.353 e. The zero-order valence-electron chi connectivity index (χ0n) is 15.9. The lowest BCUT2D eigenvalue weighted by Crippen LogP contribution is -2.26. The van der Waals surface area contributed by atoms with Gasteiger partial charge in [0.25, 0.3) is 0 Å². The summed E-state index contributed by atoms with van der Waals surface area (Å²) in [5.74, 6) is 1.08. The smallest absolute Gasteiger partial charge is 0.155 e. The van der Waals surface area contributed by atoms with Gasteiger partial charge in [-0.1, -0.05) is 19.9 Å². The molecule has 5 rings (SSSR count). The van der Waals surface area contributed by atoms with E-state index in [0.717, 1.165) is 30.1 Å². The summed E-state index contributed by atoms with van der Waals surface area (Å²) in [5, 5.41) is 9.06. The van der Waals surface area contributed by atoms with Gasteiger partial charge in [0, 0.05) is 23.2 Å². The maximum Gasteiger partial charge on any atom is 0.155 e. The Morgan fingerprint density at radius 1 is 1.11 bits per heavy atom. The molecule has 1 aliphatic rings. The minimum absolute atomic E-state index is 0.417. The summed E-state index contributed by atoms with van der Waals surface area (Å²) in [4.78, 5) is 8.46. The van der Waals surface area contributed by atoms with Crippen LogP contribution in [0.15, 0.2) is 42.7 Å². The quantitative estimate of drug-likeness (QED) is 0.567. The van der Waals surface area contributed by atoms with Crippen molar-refractivity contribution >= 4 is 16.6 Å². The van der Waals surface area contributed by atoms with Crippen LogP contribution in [0, 0.1) is 0 Å². The lowest BCUT2D eigenvalue weighted by molar-refractivity contribution is 0.460. The van der Waals surface area contributed by atoms with E-state index in [-0.39, 0.29) is 0 Å². The van der Waals surface area contributed by atoms with E-state index in [1.807, 2.05) is 18.3 Å². The van der Waals surface area contributed by atoms with Crippen LogP contribution in [0.1, 0.15) is 49.7 Å². The van der Waals surface area contributed by atoms with Crippen LogP contribution in [-0.4, -0.2) is 32.7 Å². The summed E-state index contributed by atoms with van der Waals surface area (Å²) in [5.41, 5.74) is 7.00. The van der Waals surface area contributed by atoms with Crippen molar-refractivity contribution in [2.75, 3.05) is 13.1 Å². The number of benzene rings is 1. The average Bonchev–Trinajstić information content (AvgIpc) is 3.31. The van der Waals surface area contributed by atoms with Crippen molar-refractivity contribution < 1.29 is 0 Å². The van der Waals surface area contributed by atoms with E-state index in [9.17, 15) is 0 Å². The number of nitrogens with one attached hydrogen (secondary N) is 2. The fraction of sp³-hybridized carbons (Fsp3) is 0.364. The third-order valence-corrected chi connectivity index (χ3v) is 5.76. The highest BCUT2D eigenvalue weighted by Gasteiger charge is 2.20. The number of aromatic nitrogens is 4. The predicted octanol–water partition coefficient (Wildman–Crippen LogP) is 4.47. The van der Waals surface area contributed by atoms with Crippen LogP contribution in [0.2, 0.25) is 0 Å². The zero-order chi connectivity index (χ0) is 18.4. The van der Waals surface area contributed by atoms with E-state index in [0.29, 0.717) is 11.8 Å². The second-order valence-corrected chi connectivity index (χ2v) is 7.84. The Hall–Kier alpha value is -2.66. The molecule has 3 aromatic heterocycles. The molecule has 1 aromatic carbocycles. The number of hydrogen-bond acceptors (Lipinski definition) is 3. The second kappa shape index (κ2) is 6.50. The number of hydrogen-bond donors (Lipinski definition) is 2. The third kappa shape index (κ3) is 2.82. The normalized spacial score (nSPS) is 16.0. The van der Waals surface area contributed by atoms with Gasteiger partial charge >= 0.3 is 0 Å². The number of fused-ring (bicyclic) bond motifs is 2. The van der Waals surface area contributed by atoms with Crippen molar-refractivity contribution in [2.45, 2.75) is 38.5 Å². The third-order valence-electron chi connectivity index (χ3n) is 5.76. The maximum absolute atomic E-state index is 4.82. The number of aromatic amines is 1. The summed E-state index contributed by atoms with van der Waals surface area (Å²) in [6.45, 7) is 6.77. The molecular formula is C22H25N5. The first-order valence-electron chi connectivity index (χ1n) is 9.87. The molecule has 4 heterocycles. The molecule has 0 aliphatic carbocycles. The lowest BCUT2D eigenvalue weighted by Gasteiger charge is -2.23.